The van der Waals surface area contributed by atoms with Gasteiger partial charge in [-0.1, -0.05) is 17.7 Å². The highest BCUT2D eigenvalue weighted by Crippen LogP contribution is 2.26. The number of aromatic nitrogens is 1. The lowest BCUT2D eigenvalue weighted by atomic mass is 9.97. The summed E-state index contributed by atoms with van der Waals surface area (Å²) in [7, 11) is 0. The Morgan fingerprint density at radius 3 is 2.37 bits per heavy atom. The van der Waals surface area contributed by atoms with Crippen LogP contribution in [0.25, 0.3) is 11.3 Å². The highest BCUT2D eigenvalue weighted by Gasteiger charge is 2.10. The monoisotopic (exact) mass is 380 g/mol. The number of aryl methyl sites for hydroxylation is 3. The van der Waals surface area contributed by atoms with Crippen LogP contribution in [0.2, 0.25) is 0 Å². The summed E-state index contributed by atoms with van der Waals surface area (Å²) in [6.45, 7) is 8.24. The summed E-state index contributed by atoms with van der Waals surface area (Å²) in [5.74, 6) is 0. The van der Waals surface area contributed by atoms with Crippen LogP contribution < -0.4 is 5.43 Å². The summed E-state index contributed by atoms with van der Waals surface area (Å²) in [6.07, 6.45) is 0. The van der Waals surface area contributed by atoms with Gasteiger partial charge in [0, 0.05) is 28.6 Å². The van der Waals surface area contributed by atoms with Crippen molar-refractivity contribution in [1.29, 1.82) is 0 Å². The predicted octanol–water partition coefficient (Wildman–Crippen LogP) is 5.48. The van der Waals surface area contributed by atoms with Gasteiger partial charge in [0.15, 0.2) is 0 Å². The summed E-state index contributed by atoms with van der Waals surface area (Å²) < 4.78 is 0. The summed E-state index contributed by atoms with van der Waals surface area (Å²) in [4.78, 5) is 14.9. The molecule has 1 aromatic heterocycles. The number of hydrogen-bond donors (Lipinski definition) is 1. The van der Waals surface area contributed by atoms with E-state index in [9.17, 15) is 10.1 Å². The van der Waals surface area contributed by atoms with Gasteiger partial charge in [0.05, 0.1) is 16.3 Å². The molecule has 0 fully saturated rings. The average Bonchev–Trinajstić information content (AvgIpc) is 3.08. The quantitative estimate of drug-likeness (QED) is 0.361. The first-order chi connectivity index (χ1) is 12.8. The zero-order valence-electron chi connectivity index (χ0n) is 15.6. The van der Waals surface area contributed by atoms with Crippen molar-refractivity contribution in [3.05, 3.63) is 74.1 Å². The molecule has 1 N–H and O–H groups in total. The third-order valence-corrected chi connectivity index (χ3v) is 4.98. The molecular formula is C20H20N4O2S. The number of benzene rings is 2. The first-order valence-electron chi connectivity index (χ1n) is 8.44. The third-order valence-electron chi connectivity index (χ3n) is 4.24. The lowest BCUT2D eigenvalue weighted by Crippen LogP contribution is -2.05. The minimum Gasteiger partial charge on any atom is -0.258 e. The molecule has 0 unspecified atom stereocenters. The van der Waals surface area contributed by atoms with E-state index in [1.165, 1.54) is 40.2 Å². The largest absolute Gasteiger partial charge is 0.269 e. The van der Waals surface area contributed by atoms with Gasteiger partial charge in [-0.25, -0.2) is 4.98 Å². The molecule has 0 radical (unpaired) electrons. The number of non-ortho nitro benzene ring substituents is 1. The van der Waals surface area contributed by atoms with Crippen LogP contribution in [0.15, 0.2) is 46.9 Å². The van der Waals surface area contributed by atoms with E-state index in [0.29, 0.717) is 5.13 Å². The fourth-order valence-electron chi connectivity index (χ4n) is 3.15. The second-order valence-corrected chi connectivity index (χ2v) is 7.28. The van der Waals surface area contributed by atoms with E-state index in [1.807, 2.05) is 12.3 Å². The second-order valence-electron chi connectivity index (χ2n) is 6.42. The molecule has 3 rings (SSSR count). The highest BCUT2D eigenvalue weighted by molar-refractivity contribution is 7.14. The normalized spacial score (nSPS) is 11.5. The van der Waals surface area contributed by atoms with Gasteiger partial charge in [-0.3, -0.25) is 15.5 Å². The number of nitrogens with zero attached hydrogens (tertiary/aromatic N) is 3. The molecule has 0 atom stereocenters. The molecule has 0 saturated carbocycles. The smallest absolute Gasteiger partial charge is 0.258 e. The molecule has 0 bridgehead atoms. The van der Waals surface area contributed by atoms with Gasteiger partial charge in [-0.2, -0.15) is 5.10 Å². The molecule has 1 heterocycles. The number of nitrogens with one attached hydrogen (secondary N) is 1. The van der Waals surface area contributed by atoms with Gasteiger partial charge >= 0.3 is 0 Å². The van der Waals surface area contributed by atoms with Crippen molar-refractivity contribution in [2.24, 2.45) is 5.10 Å². The molecular weight excluding hydrogens is 360 g/mol. The summed E-state index contributed by atoms with van der Waals surface area (Å²) in [5, 5.41) is 17.8. The van der Waals surface area contributed by atoms with Crippen molar-refractivity contribution >= 4 is 27.9 Å². The Kier molecular flexibility index (Phi) is 5.32. The Labute approximate surface area is 161 Å². The number of anilines is 1. The van der Waals surface area contributed by atoms with Crippen LogP contribution in [0, 0.1) is 30.9 Å². The van der Waals surface area contributed by atoms with Gasteiger partial charge in [0.25, 0.3) is 5.69 Å². The van der Waals surface area contributed by atoms with E-state index < -0.39 is 4.92 Å². The Morgan fingerprint density at radius 1 is 1.15 bits per heavy atom. The van der Waals surface area contributed by atoms with Gasteiger partial charge in [0.1, 0.15) is 0 Å². The first-order valence-corrected chi connectivity index (χ1v) is 9.32. The average molecular weight is 380 g/mol. The van der Waals surface area contributed by atoms with E-state index >= 15 is 0 Å². The van der Waals surface area contributed by atoms with Crippen molar-refractivity contribution in [1.82, 2.24) is 4.98 Å². The number of thiazole rings is 1. The lowest BCUT2D eigenvalue weighted by Gasteiger charge is -2.10. The maximum absolute atomic E-state index is 10.8. The molecule has 0 aliphatic rings. The molecule has 2 aromatic carbocycles. The lowest BCUT2D eigenvalue weighted by molar-refractivity contribution is -0.384. The first kappa shape index (κ1) is 18.7. The van der Waals surface area contributed by atoms with Gasteiger partial charge in [0.2, 0.25) is 5.13 Å². The molecule has 138 valence electrons. The molecule has 0 saturated heterocycles. The molecule has 0 aliphatic carbocycles. The second kappa shape index (κ2) is 7.67. The van der Waals surface area contributed by atoms with E-state index in [0.717, 1.165) is 22.5 Å². The van der Waals surface area contributed by atoms with Crippen LogP contribution in [0.4, 0.5) is 10.8 Å². The van der Waals surface area contributed by atoms with Gasteiger partial charge in [-0.15, -0.1) is 11.3 Å². The molecule has 27 heavy (non-hydrogen) atoms. The van der Waals surface area contributed by atoms with Crippen LogP contribution in [0.3, 0.4) is 0 Å². The predicted molar refractivity (Wildman–Crippen MR) is 111 cm³/mol. The fraction of sp³-hybridized carbons (Fsp3) is 0.200. The Morgan fingerprint density at radius 2 is 1.78 bits per heavy atom. The van der Waals surface area contributed by atoms with Crippen molar-refractivity contribution in [2.75, 3.05) is 5.43 Å². The van der Waals surface area contributed by atoms with Crippen LogP contribution in [-0.4, -0.2) is 15.6 Å². The molecule has 0 amide bonds. The fourth-order valence-corrected chi connectivity index (χ4v) is 3.81. The van der Waals surface area contributed by atoms with E-state index in [2.05, 4.69) is 48.4 Å². The zero-order chi connectivity index (χ0) is 19.6. The maximum atomic E-state index is 10.8. The van der Waals surface area contributed by atoms with Crippen molar-refractivity contribution in [3.63, 3.8) is 0 Å². The minimum absolute atomic E-state index is 0.0661. The third kappa shape index (κ3) is 4.20. The van der Waals surface area contributed by atoms with Crippen LogP contribution in [0.5, 0.6) is 0 Å². The van der Waals surface area contributed by atoms with Crippen LogP contribution >= 0.6 is 11.3 Å². The summed E-state index contributed by atoms with van der Waals surface area (Å²) in [6, 6.07) is 10.7. The Balaban J connectivity index is 1.78. The summed E-state index contributed by atoms with van der Waals surface area (Å²) in [5.41, 5.74) is 10.3. The van der Waals surface area contributed by atoms with E-state index in [1.54, 1.807) is 12.1 Å². The van der Waals surface area contributed by atoms with Crippen molar-refractivity contribution in [3.8, 4) is 11.3 Å². The Bertz CT molecular complexity index is 1000. The number of hydrazone groups is 1. The topological polar surface area (TPSA) is 80.4 Å². The van der Waals surface area contributed by atoms with Crippen LogP contribution in [-0.2, 0) is 0 Å². The standard InChI is InChI=1S/C20H20N4O2S/c1-12-9-13(2)19(14(3)10-12)15(4)22-23-20-21-18(11-27-20)16-5-7-17(8-6-16)24(25)26/h5-11H,1-4H3,(H,21,23)/b22-15+. The maximum Gasteiger partial charge on any atom is 0.269 e. The van der Waals surface area contributed by atoms with Gasteiger partial charge in [-0.05, 0) is 51.0 Å². The number of nitro groups is 1. The molecule has 0 spiro atoms. The molecule has 6 nitrogen and oxygen atoms in total. The van der Waals surface area contributed by atoms with Gasteiger partial charge < -0.3 is 0 Å². The highest BCUT2D eigenvalue weighted by atomic mass is 32.1. The Hall–Kier alpha value is -3.06. The van der Waals surface area contributed by atoms with E-state index in [4.69, 9.17) is 0 Å². The zero-order valence-corrected chi connectivity index (χ0v) is 16.4. The molecule has 7 heteroatoms. The molecule has 3 aromatic rings. The minimum atomic E-state index is -0.412. The number of nitro benzene ring substituents is 1. The molecule has 0 aliphatic heterocycles. The number of hydrogen-bond acceptors (Lipinski definition) is 6. The summed E-state index contributed by atoms with van der Waals surface area (Å²) >= 11 is 1.44. The SMILES string of the molecule is C/C(=N\Nc1nc(-c2ccc([N+](=O)[O-])cc2)cs1)c1c(C)cc(C)cc1C. The van der Waals surface area contributed by atoms with Crippen molar-refractivity contribution in [2.45, 2.75) is 27.7 Å². The van der Waals surface area contributed by atoms with Crippen molar-refractivity contribution < 1.29 is 4.92 Å². The van der Waals surface area contributed by atoms with Crippen LogP contribution in [0.1, 0.15) is 29.2 Å². The van der Waals surface area contributed by atoms with E-state index in [-0.39, 0.29) is 5.69 Å². The number of rotatable bonds is 5.